The van der Waals surface area contributed by atoms with Crippen LogP contribution in [0.3, 0.4) is 0 Å². The van der Waals surface area contributed by atoms with Gasteiger partial charge in [-0.3, -0.25) is 14.4 Å². The minimum atomic E-state index is -0.291. The summed E-state index contributed by atoms with van der Waals surface area (Å²) in [7, 11) is 0. The van der Waals surface area contributed by atoms with E-state index in [1.54, 1.807) is 0 Å². The van der Waals surface area contributed by atoms with Gasteiger partial charge in [-0.05, 0) is 89.9 Å². The molecule has 1 aliphatic rings. The van der Waals surface area contributed by atoms with Crippen molar-refractivity contribution in [2.24, 2.45) is 17.8 Å². The zero-order chi connectivity index (χ0) is 49.8. The van der Waals surface area contributed by atoms with E-state index in [4.69, 9.17) is 0 Å². The molecule has 1 aliphatic carbocycles. The van der Waals surface area contributed by atoms with E-state index in [2.05, 4.69) is 61.0 Å². The van der Waals surface area contributed by atoms with E-state index in [9.17, 15) is 14.4 Å². The number of unbranched alkanes of at least 4 members (excludes halogenated alkanes) is 39. The van der Waals surface area contributed by atoms with Gasteiger partial charge in [0.25, 0.3) is 0 Å². The van der Waals surface area contributed by atoms with Gasteiger partial charge in [0, 0.05) is 37.4 Å². The first kappa shape index (κ1) is 64.9. The third kappa shape index (κ3) is 43.2. The molecule has 404 valence electrons. The maximum absolute atomic E-state index is 13.6. The second kappa shape index (κ2) is 52.2. The molecule has 0 heterocycles. The SMILES string of the molecule is CCCCCCCCC=CCCCCCCCCNC(=O)[C@@H]1CC(C(=O)NCCCCCCCCCCCCCCCCCC)C[C@H](C(=O)NCCCCCCCCC=CCCCCCCCC)C1. The van der Waals surface area contributed by atoms with Gasteiger partial charge in [0.05, 0.1) is 0 Å². The molecule has 3 atom stereocenters. The van der Waals surface area contributed by atoms with E-state index < -0.39 is 0 Å². The number of amides is 3. The van der Waals surface area contributed by atoms with Crippen LogP contribution in [0.2, 0.25) is 0 Å². The number of hydrogen-bond donors (Lipinski definition) is 3. The van der Waals surface area contributed by atoms with Crippen LogP contribution in [0.4, 0.5) is 0 Å². The van der Waals surface area contributed by atoms with Crippen LogP contribution in [0.1, 0.15) is 323 Å². The molecule has 3 N–H and O–H groups in total. The Hall–Kier alpha value is -2.11. The summed E-state index contributed by atoms with van der Waals surface area (Å²) in [5.74, 6) is -0.774. The lowest BCUT2D eigenvalue weighted by molar-refractivity contribution is -0.134. The fourth-order valence-electron chi connectivity index (χ4n) is 10.4. The molecule has 0 bridgehead atoms. The molecule has 6 nitrogen and oxygen atoms in total. The van der Waals surface area contributed by atoms with Crippen molar-refractivity contribution in [3.63, 3.8) is 0 Å². The lowest BCUT2D eigenvalue weighted by Crippen LogP contribution is -2.45. The van der Waals surface area contributed by atoms with Crippen LogP contribution >= 0.6 is 0 Å². The van der Waals surface area contributed by atoms with Crippen LogP contribution in [0.5, 0.6) is 0 Å². The third-order valence-electron chi connectivity index (χ3n) is 15.1. The van der Waals surface area contributed by atoms with Crippen molar-refractivity contribution in [1.29, 1.82) is 0 Å². The fourth-order valence-corrected chi connectivity index (χ4v) is 10.4. The van der Waals surface area contributed by atoms with Gasteiger partial charge in [-0.2, -0.15) is 0 Å². The Morgan fingerprint density at radius 1 is 0.275 bits per heavy atom. The average Bonchev–Trinajstić information content (AvgIpc) is 3.36. The Balaban J connectivity index is 2.38. The van der Waals surface area contributed by atoms with E-state index in [1.165, 1.54) is 244 Å². The summed E-state index contributed by atoms with van der Waals surface area (Å²) in [6.45, 7) is 8.89. The molecule has 0 aromatic heterocycles. The van der Waals surface area contributed by atoms with Crippen molar-refractivity contribution in [2.45, 2.75) is 323 Å². The number of carbonyl (C=O) groups excluding carboxylic acids is 3. The molecule has 3 amide bonds. The minimum Gasteiger partial charge on any atom is -0.356 e. The van der Waals surface area contributed by atoms with Crippen molar-refractivity contribution in [1.82, 2.24) is 16.0 Å². The van der Waals surface area contributed by atoms with Crippen molar-refractivity contribution in [2.75, 3.05) is 19.6 Å². The lowest BCUT2D eigenvalue weighted by Gasteiger charge is -2.33. The topological polar surface area (TPSA) is 87.3 Å². The van der Waals surface area contributed by atoms with E-state index in [1.807, 2.05) is 0 Å². The van der Waals surface area contributed by atoms with Crippen LogP contribution in [0, 0.1) is 17.8 Å². The van der Waals surface area contributed by atoms with E-state index in [0.29, 0.717) is 38.9 Å². The maximum Gasteiger partial charge on any atom is 0.223 e. The lowest BCUT2D eigenvalue weighted by atomic mass is 9.74. The molecule has 1 fully saturated rings. The molecule has 0 saturated heterocycles. The summed E-state index contributed by atoms with van der Waals surface area (Å²) in [4.78, 5) is 40.7. The first-order valence-corrected chi connectivity index (χ1v) is 31.2. The molecule has 0 aromatic rings. The smallest absolute Gasteiger partial charge is 0.223 e. The fraction of sp³-hybridized carbons (Fsp3) is 0.889. The Labute approximate surface area is 430 Å². The van der Waals surface area contributed by atoms with Crippen LogP contribution in [0.25, 0.3) is 0 Å². The molecule has 69 heavy (non-hydrogen) atoms. The van der Waals surface area contributed by atoms with Gasteiger partial charge in [-0.15, -0.1) is 0 Å². The number of hydrogen-bond acceptors (Lipinski definition) is 3. The van der Waals surface area contributed by atoms with Crippen molar-refractivity contribution < 1.29 is 14.4 Å². The van der Waals surface area contributed by atoms with Crippen LogP contribution in [-0.4, -0.2) is 37.4 Å². The van der Waals surface area contributed by atoms with Gasteiger partial charge in [0.15, 0.2) is 0 Å². The third-order valence-corrected chi connectivity index (χ3v) is 15.1. The highest BCUT2D eigenvalue weighted by Crippen LogP contribution is 2.34. The summed E-state index contributed by atoms with van der Waals surface area (Å²) >= 11 is 0. The van der Waals surface area contributed by atoms with Crippen molar-refractivity contribution >= 4 is 17.7 Å². The summed E-state index contributed by atoms with van der Waals surface area (Å²) in [6, 6.07) is 0. The van der Waals surface area contributed by atoms with E-state index in [-0.39, 0.29) is 35.5 Å². The van der Waals surface area contributed by atoms with Crippen LogP contribution in [-0.2, 0) is 14.4 Å². The highest BCUT2D eigenvalue weighted by molar-refractivity contribution is 5.86. The number of rotatable bonds is 52. The quantitative estimate of drug-likeness (QED) is 0.0419. The van der Waals surface area contributed by atoms with E-state index >= 15 is 0 Å². The Morgan fingerprint density at radius 2 is 0.449 bits per heavy atom. The van der Waals surface area contributed by atoms with Gasteiger partial charge in [-0.25, -0.2) is 0 Å². The summed E-state index contributed by atoms with van der Waals surface area (Å²) in [6.07, 6.45) is 68.1. The highest BCUT2D eigenvalue weighted by atomic mass is 16.2. The second-order valence-electron chi connectivity index (χ2n) is 21.8. The Morgan fingerprint density at radius 3 is 0.652 bits per heavy atom. The molecular weight excluding hydrogens is 847 g/mol. The molecule has 0 radical (unpaired) electrons. The standard InChI is InChI=1S/C63H119N3O3/c1-4-7-10-13-16-19-22-25-28-31-34-37-40-43-46-49-52-64-61(67)58-55-59(62(68)65-53-50-47-44-41-38-35-32-29-26-23-20-17-14-11-8-5-2)57-60(56-58)63(69)66-54-51-48-45-42-39-36-33-30-27-24-21-18-15-12-9-6-3/h25-26,28-29,58-60H,4-24,27,30-57H2,1-3H3,(H,64,67)(H,65,68)(H,66,69)/t58-,59+,60?. The van der Waals surface area contributed by atoms with Crippen molar-refractivity contribution in [3.8, 4) is 0 Å². The zero-order valence-electron chi connectivity index (χ0n) is 46.6. The minimum absolute atomic E-state index is 0.0316. The van der Waals surface area contributed by atoms with Gasteiger partial charge in [-0.1, -0.05) is 257 Å². The van der Waals surface area contributed by atoms with Crippen LogP contribution < -0.4 is 16.0 Å². The molecule has 1 saturated carbocycles. The predicted octanol–water partition coefficient (Wildman–Crippen LogP) is 18.7. The molecule has 0 spiro atoms. The normalized spacial score (nSPS) is 16.2. The van der Waals surface area contributed by atoms with Gasteiger partial charge in [0.1, 0.15) is 0 Å². The first-order chi connectivity index (χ1) is 34.0. The summed E-state index contributed by atoms with van der Waals surface area (Å²) < 4.78 is 0. The Kier molecular flexibility index (Phi) is 49.1. The predicted molar refractivity (Wildman–Crippen MR) is 302 cm³/mol. The number of allylic oxidation sites excluding steroid dienone is 4. The molecule has 0 aliphatic heterocycles. The second-order valence-corrected chi connectivity index (χ2v) is 21.8. The van der Waals surface area contributed by atoms with Gasteiger partial charge >= 0.3 is 0 Å². The zero-order valence-corrected chi connectivity index (χ0v) is 46.6. The first-order valence-electron chi connectivity index (χ1n) is 31.2. The number of nitrogens with one attached hydrogen (secondary N) is 3. The van der Waals surface area contributed by atoms with Gasteiger partial charge in [0.2, 0.25) is 17.7 Å². The van der Waals surface area contributed by atoms with Crippen LogP contribution in [0.15, 0.2) is 24.3 Å². The molecule has 1 unspecified atom stereocenters. The molecule has 1 rings (SSSR count). The van der Waals surface area contributed by atoms with Gasteiger partial charge < -0.3 is 16.0 Å². The summed E-state index contributed by atoms with van der Waals surface area (Å²) in [5.41, 5.74) is 0. The highest BCUT2D eigenvalue weighted by Gasteiger charge is 2.38. The maximum atomic E-state index is 13.6. The molecule has 0 aromatic carbocycles. The molecular formula is C63H119N3O3. The van der Waals surface area contributed by atoms with Crippen molar-refractivity contribution in [3.05, 3.63) is 24.3 Å². The van der Waals surface area contributed by atoms with E-state index in [0.717, 1.165) is 38.5 Å². The number of carbonyl (C=O) groups is 3. The largest absolute Gasteiger partial charge is 0.356 e. The summed E-state index contributed by atoms with van der Waals surface area (Å²) in [5, 5.41) is 9.64. The Bertz CT molecular complexity index is 1120. The molecule has 6 heteroatoms. The monoisotopic (exact) mass is 966 g/mol. The average molecular weight is 967 g/mol.